The normalized spacial score (nSPS) is 12.3. The van der Waals surface area contributed by atoms with Crippen LogP contribution in [0.4, 0.5) is 13.6 Å². The number of carbonyl (C=O) groups excluding carboxylic acids is 1. The molecule has 0 aliphatic heterocycles. The molecule has 2 aromatic heterocycles. The van der Waals surface area contributed by atoms with E-state index in [-0.39, 0.29) is 30.2 Å². The number of aromatic nitrogens is 2. The van der Waals surface area contributed by atoms with Crippen molar-refractivity contribution < 1.29 is 28.2 Å². The second-order valence-corrected chi connectivity index (χ2v) is 10.1. The average molecular weight is 537 g/mol. The standard InChI is InChI=1S/C29H30F2N4O4/c1-18-25(27(36)33-23(19-10-6-5-7-11-19)16-35(28(37)38)29(2,3)4)34-15-9-14-24(26(34)32-18)39-17-20-21(30)12-8-13-22(20)31/h5-15,23H,16-17H2,1-4H3,(H,33,36)(H,37,38). The summed E-state index contributed by atoms with van der Waals surface area (Å²) in [7, 11) is 0. The van der Waals surface area contributed by atoms with E-state index in [4.69, 9.17) is 4.74 Å². The summed E-state index contributed by atoms with van der Waals surface area (Å²) < 4.78 is 35.4. The summed E-state index contributed by atoms with van der Waals surface area (Å²) >= 11 is 0. The minimum atomic E-state index is -1.10. The maximum atomic E-state index is 14.1. The van der Waals surface area contributed by atoms with Gasteiger partial charge in [0.15, 0.2) is 11.4 Å². The summed E-state index contributed by atoms with van der Waals surface area (Å²) in [6, 6.07) is 15.3. The van der Waals surface area contributed by atoms with Gasteiger partial charge in [0, 0.05) is 18.3 Å². The maximum Gasteiger partial charge on any atom is 0.407 e. The van der Waals surface area contributed by atoms with Crippen molar-refractivity contribution in [2.45, 2.75) is 45.9 Å². The van der Waals surface area contributed by atoms with Gasteiger partial charge in [-0.2, -0.15) is 0 Å². The molecule has 0 radical (unpaired) electrons. The number of fused-ring (bicyclic) bond motifs is 1. The lowest BCUT2D eigenvalue weighted by Crippen LogP contribution is -2.49. The van der Waals surface area contributed by atoms with Crippen molar-refractivity contribution >= 4 is 17.6 Å². The van der Waals surface area contributed by atoms with Gasteiger partial charge in [-0.05, 0) is 57.5 Å². The predicted octanol–water partition coefficient (Wildman–Crippen LogP) is 5.75. The van der Waals surface area contributed by atoms with Gasteiger partial charge in [-0.15, -0.1) is 0 Å². The second-order valence-electron chi connectivity index (χ2n) is 10.1. The van der Waals surface area contributed by atoms with Crippen LogP contribution in [0.15, 0.2) is 66.9 Å². The summed E-state index contributed by atoms with van der Waals surface area (Å²) in [5.41, 5.74) is 0.753. The fourth-order valence-electron chi connectivity index (χ4n) is 4.33. The van der Waals surface area contributed by atoms with Crippen molar-refractivity contribution in [3.8, 4) is 5.75 Å². The number of nitrogens with one attached hydrogen (secondary N) is 1. The summed E-state index contributed by atoms with van der Waals surface area (Å²) in [5, 5.41) is 12.8. The lowest BCUT2D eigenvalue weighted by Gasteiger charge is -2.36. The van der Waals surface area contributed by atoms with Gasteiger partial charge in [-0.3, -0.25) is 9.20 Å². The topological polar surface area (TPSA) is 96.2 Å². The molecule has 10 heteroatoms. The van der Waals surface area contributed by atoms with Crippen molar-refractivity contribution in [3.63, 3.8) is 0 Å². The van der Waals surface area contributed by atoms with Crippen LogP contribution in [-0.4, -0.2) is 43.5 Å². The summed E-state index contributed by atoms with van der Waals surface area (Å²) in [6.07, 6.45) is 0.536. The van der Waals surface area contributed by atoms with Crippen LogP contribution in [0, 0.1) is 18.6 Å². The molecular weight excluding hydrogens is 506 g/mol. The van der Waals surface area contributed by atoms with E-state index in [2.05, 4.69) is 10.3 Å². The number of carboxylic acid groups (broad SMARTS) is 1. The first kappa shape index (κ1) is 27.6. The highest BCUT2D eigenvalue weighted by molar-refractivity contribution is 5.95. The zero-order chi connectivity index (χ0) is 28.3. The molecule has 2 aromatic carbocycles. The molecule has 2 N–H and O–H groups in total. The van der Waals surface area contributed by atoms with Gasteiger partial charge >= 0.3 is 6.09 Å². The molecule has 1 atom stereocenters. The molecular formula is C29H30F2N4O4. The van der Waals surface area contributed by atoms with E-state index < -0.39 is 35.2 Å². The van der Waals surface area contributed by atoms with Crippen LogP contribution in [0.1, 0.15) is 54.1 Å². The van der Waals surface area contributed by atoms with E-state index in [0.29, 0.717) is 11.3 Å². The minimum absolute atomic E-state index is 0.0208. The molecule has 0 saturated heterocycles. The van der Waals surface area contributed by atoms with Gasteiger partial charge < -0.3 is 20.1 Å². The van der Waals surface area contributed by atoms with Gasteiger partial charge in [0.2, 0.25) is 0 Å². The molecule has 0 aliphatic rings. The third kappa shape index (κ3) is 6.00. The van der Waals surface area contributed by atoms with Crippen LogP contribution >= 0.6 is 0 Å². The van der Waals surface area contributed by atoms with Crippen molar-refractivity contribution in [1.82, 2.24) is 19.6 Å². The fraction of sp³-hybridized carbons (Fsp3) is 0.276. The van der Waals surface area contributed by atoms with Gasteiger partial charge in [0.1, 0.15) is 23.9 Å². The molecule has 0 saturated carbocycles. The Morgan fingerprint density at radius 2 is 1.72 bits per heavy atom. The van der Waals surface area contributed by atoms with Crippen LogP contribution < -0.4 is 10.1 Å². The van der Waals surface area contributed by atoms with Crippen LogP contribution in [0.25, 0.3) is 5.65 Å². The van der Waals surface area contributed by atoms with Crippen molar-refractivity contribution in [2.24, 2.45) is 0 Å². The molecule has 2 amide bonds. The van der Waals surface area contributed by atoms with E-state index in [0.717, 1.165) is 17.7 Å². The molecule has 204 valence electrons. The largest absolute Gasteiger partial charge is 0.485 e. The lowest BCUT2D eigenvalue weighted by atomic mass is 10.0. The Labute approximate surface area is 224 Å². The Morgan fingerprint density at radius 3 is 2.33 bits per heavy atom. The lowest BCUT2D eigenvalue weighted by molar-refractivity contribution is 0.0818. The molecule has 0 spiro atoms. The molecule has 2 heterocycles. The van der Waals surface area contributed by atoms with E-state index in [1.807, 2.05) is 30.3 Å². The quantitative estimate of drug-likeness (QED) is 0.299. The molecule has 0 fully saturated rings. The number of nitrogens with zero attached hydrogens (tertiary/aromatic N) is 3. The van der Waals surface area contributed by atoms with Crippen LogP contribution in [0.3, 0.4) is 0 Å². The van der Waals surface area contributed by atoms with Gasteiger partial charge in [-0.25, -0.2) is 18.6 Å². The van der Waals surface area contributed by atoms with E-state index in [1.54, 1.807) is 50.4 Å². The first-order chi connectivity index (χ1) is 18.5. The number of halogens is 2. The van der Waals surface area contributed by atoms with E-state index in [1.165, 1.54) is 11.0 Å². The Morgan fingerprint density at radius 1 is 1.05 bits per heavy atom. The molecule has 4 rings (SSSR count). The maximum absolute atomic E-state index is 14.1. The zero-order valence-electron chi connectivity index (χ0n) is 22.1. The van der Waals surface area contributed by atoms with Crippen LogP contribution in [0.5, 0.6) is 5.75 Å². The highest BCUT2D eigenvalue weighted by Crippen LogP contribution is 2.26. The van der Waals surface area contributed by atoms with Gasteiger partial charge in [-0.1, -0.05) is 36.4 Å². The number of amides is 2. The predicted molar refractivity (Wildman–Crippen MR) is 142 cm³/mol. The van der Waals surface area contributed by atoms with Crippen molar-refractivity contribution in [2.75, 3.05) is 6.54 Å². The highest BCUT2D eigenvalue weighted by Gasteiger charge is 2.31. The Bertz CT molecular complexity index is 1480. The number of carbonyl (C=O) groups is 2. The molecule has 8 nitrogen and oxygen atoms in total. The number of pyridine rings is 1. The van der Waals surface area contributed by atoms with E-state index in [9.17, 15) is 23.5 Å². The number of rotatable bonds is 8. The molecule has 0 bridgehead atoms. The molecule has 39 heavy (non-hydrogen) atoms. The van der Waals surface area contributed by atoms with E-state index >= 15 is 0 Å². The SMILES string of the molecule is Cc1nc2c(OCc3c(F)cccc3F)cccn2c1C(=O)NC(CN(C(=O)O)C(C)(C)C)c1ccccc1. The third-order valence-corrected chi connectivity index (χ3v) is 6.35. The number of hydrogen-bond acceptors (Lipinski definition) is 4. The molecule has 4 aromatic rings. The Hall–Kier alpha value is -4.47. The number of ether oxygens (including phenoxy) is 1. The minimum Gasteiger partial charge on any atom is -0.485 e. The monoisotopic (exact) mass is 536 g/mol. The smallest absolute Gasteiger partial charge is 0.407 e. The summed E-state index contributed by atoms with van der Waals surface area (Å²) in [6.45, 7) is 6.68. The van der Waals surface area contributed by atoms with Gasteiger partial charge in [0.25, 0.3) is 5.91 Å². The summed E-state index contributed by atoms with van der Waals surface area (Å²) in [5.74, 6) is -1.67. The number of hydrogen-bond donors (Lipinski definition) is 2. The third-order valence-electron chi connectivity index (χ3n) is 6.35. The fourth-order valence-corrected chi connectivity index (χ4v) is 4.33. The first-order valence-corrected chi connectivity index (χ1v) is 12.4. The Kier molecular flexibility index (Phi) is 7.85. The second kappa shape index (κ2) is 11.1. The molecule has 1 unspecified atom stereocenters. The molecule has 0 aliphatic carbocycles. The Balaban J connectivity index is 1.65. The number of aryl methyl sites for hydroxylation is 1. The highest BCUT2D eigenvalue weighted by atomic mass is 19.1. The summed E-state index contributed by atoms with van der Waals surface area (Å²) in [4.78, 5) is 31.4. The van der Waals surface area contributed by atoms with Crippen LogP contribution in [-0.2, 0) is 6.61 Å². The number of benzene rings is 2. The average Bonchev–Trinajstić information content (AvgIpc) is 3.22. The number of imidazole rings is 1. The van der Waals surface area contributed by atoms with Crippen molar-refractivity contribution in [3.05, 3.63) is 101 Å². The zero-order valence-corrected chi connectivity index (χ0v) is 22.1. The van der Waals surface area contributed by atoms with Crippen molar-refractivity contribution in [1.29, 1.82) is 0 Å². The van der Waals surface area contributed by atoms with Crippen LogP contribution in [0.2, 0.25) is 0 Å². The first-order valence-electron chi connectivity index (χ1n) is 12.4. The van der Waals surface area contributed by atoms with Gasteiger partial charge in [0.05, 0.1) is 17.3 Å².